The van der Waals surface area contributed by atoms with Gasteiger partial charge in [0.05, 0.1) is 0 Å². The Labute approximate surface area is 217 Å². The van der Waals surface area contributed by atoms with Crippen molar-refractivity contribution in [3.8, 4) is 0 Å². The maximum atomic E-state index is 6.71. The van der Waals surface area contributed by atoms with Crippen LogP contribution in [0, 0.1) is 0 Å². The summed E-state index contributed by atoms with van der Waals surface area (Å²) in [4.78, 5) is 2.31. The molecule has 2 heterocycles. The molecular formula is C34H21NOS. The van der Waals surface area contributed by atoms with Gasteiger partial charge in [-0.25, -0.2) is 0 Å². The van der Waals surface area contributed by atoms with Crippen LogP contribution in [0.5, 0.6) is 0 Å². The number of benzene rings is 6. The van der Waals surface area contributed by atoms with E-state index >= 15 is 0 Å². The smallest absolute Gasteiger partial charge is 0.144 e. The van der Waals surface area contributed by atoms with Crippen LogP contribution in [0.25, 0.3) is 52.9 Å². The minimum absolute atomic E-state index is 0.964. The van der Waals surface area contributed by atoms with Crippen molar-refractivity contribution in [2.75, 3.05) is 4.90 Å². The van der Waals surface area contributed by atoms with E-state index in [1.165, 1.54) is 36.3 Å². The van der Waals surface area contributed by atoms with E-state index in [2.05, 4.69) is 132 Å². The molecule has 0 fully saturated rings. The minimum atomic E-state index is 0.964. The van der Waals surface area contributed by atoms with Gasteiger partial charge in [-0.3, -0.25) is 0 Å². The Hall–Kier alpha value is -4.60. The summed E-state index contributed by atoms with van der Waals surface area (Å²) in [6.07, 6.45) is 0. The molecule has 0 atom stereocenters. The first-order valence-corrected chi connectivity index (χ1v) is 13.3. The van der Waals surface area contributed by atoms with Crippen LogP contribution < -0.4 is 4.90 Å². The van der Waals surface area contributed by atoms with E-state index in [9.17, 15) is 0 Å². The van der Waals surface area contributed by atoms with E-state index in [4.69, 9.17) is 4.42 Å². The first-order chi connectivity index (χ1) is 18.3. The predicted octanol–water partition coefficient (Wildman–Crippen LogP) is 10.6. The quantitative estimate of drug-likeness (QED) is 0.244. The Kier molecular flexibility index (Phi) is 4.42. The molecule has 37 heavy (non-hydrogen) atoms. The summed E-state index contributed by atoms with van der Waals surface area (Å²) in [5.41, 5.74) is 5.33. The lowest BCUT2D eigenvalue weighted by Gasteiger charge is -2.25. The number of fused-ring (bicyclic) bond motifs is 9. The van der Waals surface area contributed by atoms with Crippen LogP contribution in [-0.4, -0.2) is 0 Å². The molecule has 174 valence electrons. The Balaban J connectivity index is 1.43. The highest BCUT2D eigenvalue weighted by atomic mass is 32.1. The summed E-state index contributed by atoms with van der Waals surface area (Å²) in [5, 5.41) is 7.11. The number of thiophene rings is 1. The van der Waals surface area contributed by atoms with Gasteiger partial charge >= 0.3 is 0 Å². The van der Waals surface area contributed by atoms with E-state index in [1.54, 1.807) is 0 Å². The van der Waals surface area contributed by atoms with Gasteiger partial charge < -0.3 is 9.32 Å². The van der Waals surface area contributed by atoms with E-state index < -0.39 is 0 Å². The van der Waals surface area contributed by atoms with Crippen LogP contribution >= 0.6 is 11.3 Å². The Morgan fingerprint density at radius 1 is 0.459 bits per heavy atom. The van der Waals surface area contributed by atoms with Gasteiger partial charge in [0.15, 0.2) is 0 Å². The molecule has 3 heteroatoms. The number of rotatable bonds is 3. The van der Waals surface area contributed by atoms with Crippen molar-refractivity contribution in [3.05, 3.63) is 127 Å². The van der Waals surface area contributed by atoms with Crippen molar-refractivity contribution in [3.63, 3.8) is 0 Å². The third kappa shape index (κ3) is 3.11. The molecule has 0 bridgehead atoms. The molecule has 0 saturated carbocycles. The molecular weight excluding hydrogens is 470 g/mol. The number of nitrogens with zero attached hydrogens (tertiary/aromatic N) is 1. The summed E-state index contributed by atoms with van der Waals surface area (Å²) in [6.45, 7) is 0. The highest BCUT2D eigenvalue weighted by molar-refractivity contribution is 7.26. The molecule has 6 aromatic carbocycles. The Morgan fingerprint density at radius 3 is 1.89 bits per heavy atom. The average molecular weight is 492 g/mol. The third-order valence-corrected chi connectivity index (χ3v) is 8.37. The fourth-order valence-corrected chi connectivity index (χ4v) is 6.64. The van der Waals surface area contributed by atoms with Gasteiger partial charge in [-0.1, -0.05) is 66.7 Å². The number of anilines is 3. The molecule has 0 aliphatic carbocycles. The van der Waals surface area contributed by atoms with Crippen LogP contribution in [0.2, 0.25) is 0 Å². The molecule has 2 aromatic heterocycles. The largest absolute Gasteiger partial charge is 0.455 e. The van der Waals surface area contributed by atoms with E-state index in [-0.39, 0.29) is 0 Å². The molecule has 0 spiro atoms. The van der Waals surface area contributed by atoms with Crippen molar-refractivity contribution in [1.29, 1.82) is 0 Å². The van der Waals surface area contributed by atoms with Gasteiger partial charge in [0.2, 0.25) is 0 Å². The van der Waals surface area contributed by atoms with Crippen molar-refractivity contribution < 1.29 is 4.42 Å². The molecule has 8 aromatic rings. The van der Waals surface area contributed by atoms with Gasteiger partial charge in [0.25, 0.3) is 0 Å². The van der Waals surface area contributed by atoms with Crippen LogP contribution in [0.1, 0.15) is 0 Å². The molecule has 0 radical (unpaired) electrons. The molecule has 0 aliphatic heterocycles. The monoisotopic (exact) mass is 491 g/mol. The molecule has 2 nitrogen and oxygen atoms in total. The Bertz CT molecular complexity index is 2050. The lowest BCUT2D eigenvalue weighted by atomic mass is 10.0. The predicted molar refractivity (Wildman–Crippen MR) is 159 cm³/mol. The zero-order chi connectivity index (χ0) is 24.3. The maximum Gasteiger partial charge on any atom is 0.144 e. The van der Waals surface area contributed by atoms with Gasteiger partial charge in [-0.15, -0.1) is 11.3 Å². The van der Waals surface area contributed by atoms with Gasteiger partial charge in [0, 0.05) is 53.4 Å². The lowest BCUT2D eigenvalue weighted by Crippen LogP contribution is -2.09. The highest BCUT2D eigenvalue weighted by Crippen LogP contribution is 2.45. The third-order valence-electron chi connectivity index (χ3n) is 7.23. The van der Waals surface area contributed by atoms with Crippen molar-refractivity contribution >= 4 is 81.3 Å². The zero-order valence-corrected chi connectivity index (χ0v) is 20.7. The second kappa shape index (κ2) is 7.95. The SMILES string of the molecule is c1ccc(N(c2ccccc2)c2ccc3sc4ccc5c6ccc7ccccc7c6oc5c4c3c2)cc1. The van der Waals surface area contributed by atoms with Crippen LogP contribution in [0.4, 0.5) is 17.1 Å². The van der Waals surface area contributed by atoms with Gasteiger partial charge in [-0.05, 0) is 66.0 Å². The number of hydrogen-bond acceptors (Lipinski definition) is 3. The lowest BCUT2D eigenvalue weighted by molar-refractivity contribution is 0.677. The molecule has 0 aliphatic rings. The fraction of sp³-hybridized carbons (Fsp3) is 0. The number of para-hydroxylation sites is 2. The summed E-state index contributed by atoms with van der Waals surface area (Å²) in [7, 11) is 0. The normalized spacial score (nSPS) is 11.8. The summed E-state index contributed by atoms with van der Waals surface area (Å²) in [6, 6.07) is 45.2. The van der Waals surface area contributed by atoms with Crippen molar-refractivity contribution in [2.24, 2.45) is 0 Å². The van der Waals surface area contributed by atoms with Gasteiger partial charge in [-0.2, -0.15) is 0 Å². The first-order valence-electron chi connectivity index (χ1n) is 12.4. The average Bonchev–Trinajstić information content (AvgIpc) is 3.52. The number of furan rings is 1. The molecule has 0 N–H and O–H groups in total. The van der Waals surface area contributed by atoms with Crippen LogP contribution in [0.3, 0.4) is 0 Å². The van der Waals surface area contributed by atoms with Crippen molar-refractivity contribution in [1.82, 2.24) is 0 Å². The summed E-state index contributed by atoms with van der Waals surface area (Å²) in [5.74, 6) is 0. The standard InChI is InChI=1S/C34H21NOS/c1-3-10-23(11-4-1)35(24-12-5-2-6-13-24)25-16-19-30-29(21-25)32-31(37-30)20-18-28-27-17-15-22-9-7-8-14-26(22)33(27)36-34(28)32/h1-21H. The first kappa shape index (κ1) is 20.6. The molecule has 0 saturated heterocycles. The van der Waals surface area contributed by atoms with Gasteiger partial charge in [0.1, 0.15) is 11.2 Å². The highest BCUT2D eigenvalue weighted by Gasteiger charge is 2.18. The molecule has 0 unspecified atom stereocenters. The summed E-state index contributed by atoms with van der Waals surface area (Å²) < 4.78 is 9.21. The van der Waals surface area contributed by atoms with E-state index in [1.807, 2.05) is 11.3 Å². The van der Waals surface area contributed by atoms with Crippen molar-refractivity contribution in [2.45, 2.75) is 0 Å². The second-order valence-corrected chi connectivity index (χ2v) is 10.5. The number of hydrogen-bond donors (Lipinski definition) is 0. The van der Waals surface area contributed by atoms with Crippen LogP contribution in [0.15, 0.2) is 132 Å². The Morgan fingerprint density at radius 2 is 1.11 bits per heavy atom. The van der Waals surface area contributed by atoms with Crippen LogP contribution in [-0.2, 0) is 0 Å². The zero-order valence-electron chi connectivity index (χ0n) is 19.9. The summed E-state index contributed by atoms with van der Waals surface area (Å²) >= 11 is 1.82. The van der Waals surface area contributed by atoms with E-state index in [0.717, 1.165) is 33.6 Å². The fourth-order valence-electron chi connectivity index (χ4n) is 5.55. The molecule has 0 amide bonds. The maximum absolute atomic E-state index is 6.71. The topological polar surface area (TPSA) is 16.4 Å². The van der Waals surface area contributed by atoms with E-state index in [0.29, 0.717) is 0 Å². The second-order valence-electron chi connectivity index (χ2n) is 9.37. The molecule has 8 rings (SSSR count). The minimum Gasteiger partial charge on any atom is -0.455 e.